The summed E-state index contributed by atoms with van der Waals surface area (Å²) in [6.45, 7) is 6.31. The van der Waals surface area contributed by atoms with Crippen LogP contribution in [-0.4, -0.2) is 29.5 Å². The predicted octanol–water partition coefficient (Wildman–Crippen LogP) is 2.98. The third kappa shape index (κ3) is 2.64. The quantitative estimate of drug-likeness (QED) is 0.726. The number of pyridine rings is 1. The number of hydrogen-bond acceptors (Lipinski definition) is 4. The van der Waals surface area contributed by atoms with E-state index < -0.39 is 0 Å². The zero-order chi connectivity index (χ0) is 15.5. The molecule has 6 heteroatoms. The van der Waals surface area contributed by atoms with E-state index in [4.69, 9.17) is 4.98 Å². The molecule has 0 aromatic carbocycles. The molecule has 0 saturated carbocycles. The van der Waals surface area contributed by atoms with Crippen LogP contribution in [0.3, 0.4) is 0 Å². The van der Waals surface area contributed by atoms with Gasteiger partial charge < -0.3 is 0 Å². The Kier molecular flexibility index (Phi) is 4.00. The number of hydrogen-bond donors (Lipinski definition) is 0. The van der Waals surface area contributed by atoms with Gasteiger partial charge in [0.05, 0.1) is 0 Å². The molecule has 0 saturated heterocycles. The maximum Gasteiger partial charge on any atom is 0.159 e. The van der Waals surface area contributed by atoms with Crippen LogP contribution in [0.1, 0.15) is 50.8 Å². The highest BCUT2D eigenvalue weighted by Crippen LogP contribution is 2.23. The van der Waals surface area contributed by atoms with Gasteiger partial charge in [0, 0.05) is 24.5 Å². The normalized spacial score (nSPS) is 12.7. The molecule has 6 nitrogen and oxygen atoms in total. The molecule has 3 aromatic rings. The number of rotatable bonds is 5. The second-order valence-corrected chi connectivity index (χ2v) is 5.49. The summed E-state index contributed by atoms with van der Waals surface area (Å²) in [5, 5.41) is 9.03. The molecule has 0 aliphatic rings. The Bertz CT molecular complexity index is 714. The van der Waals surface area contributed by atoms with Crippen molar-refractivity contribution in [2.45, 2.75) is 39.2 Å². The van der Waals surface area contributed by atoms with Gasteiger partial charge in [0.2, 0.25) is 0 Å². The Morgan fingerprint density at radius 3 is 2.59 bits per heavy atom. The van der Waals surface area contributed by atoms with Gasteiger partial charge in [-0.3, -0.25) is 4.68 Å². The number of nitrogens with zero attached hydrogens (tertiary/aromatic N) is 6. The van der Waals surface area contributed by atoms with Gasteiger partial charge in [-0.05, 0) is 24.6 Å². The summed E-state index contributed by atoms with van der Waals surface area (Å²) in [6, 6.07) is 7.76. The van der Waals surface area contributed by atoms with Crippen molar-refractivity contribution in [1.29, 1.82) is 0 Å². The topological polar surface area (TPSA) is 61.4 Å². The van der Waals surface area contributed by atoms with Gasteiger partial charge in [-0.2, -0.15) is 9.78 Å². The Labute approximate surface area is 129 Å². The van der Waals surface area contributed by atoms with Crippen LogP contribution in [0.15, 0.2) is 42.9 Å². The van der Waals surface area contributed by atoms with Crippen LogP contribution in [0.4, 0.5) is 0 Å². The molecule has 3 heterocycles. The molecule has 0 aliphatic heterocycles. The van der Waals surface area contributed by atoms with Crippen LogP contribution in [0.25, 0.3) is 5.82 Å². The van der Waals surface area contributed by atoms with E-state index in [2.05, 4.69) is 36.0 Å². The third-order valence-corrected chi connectivity index (χ3v) is 3.56. The van der Waals surface area contributed by atoms with Crippen LogP contribution in [0.2, 0.25) is 0 Å². The highest BCUT2D eigenvalue weighted by atomic mass is 15.4. The van der Waals surface area contributed by atoms with Crippen molar-refractivity contribution < 1.29 is 0 Å². The highest BCUT2D eigenvalue weighted by Gasteiger charge is 2.23. The fourth-order valence-corrected chi connectivity index (χ4v) is 2.40. The second kappa shape index (κ2) is 6.09. The second-order valence-electron chi connectivity index (χ2n) is 5.49. The van der Waals surface area contributed by atoms with E-state index in [1.165, 1.54) is 0 Å². The molecular formula is C16H20N6. The molecule has 0 radical (unpaired) electrons. The molecule has 0 unspecified atom stereocenters. The van der Waals surface area contributed by atoms with E-state index >= 15 is 0 Å². The smallest absolute Gasteiger partial charge is 0.159 e. The Hall–Kier alpha value is -2.50. The molecule has 114 valence electrons. The Balaban J connectivity index is 2.13. The zero-order valence-corrected chi connectivity index (χ0v) is 13.1. The minimum absolute atomic E-state index is 0.0389. The van der Waals surface area contributed by atoms with E-state index in [0.717, 1.165) is 23.9 Å². The SMILES string of the molecule is CC[C@@H](c1nc(C(C)C)nn1-c1ccccn1)n1cccn1. The van der Waals surface area contributed by atoms with Crippen LogP contribution in [0.5, 0.6) is 0 Å². The van der Waals surface area contributed by atoms with Gasteiger partial charge in [0.25, 0.3) is 0 Å². The molecule has 0 N–H and O–H groups in total. The predicted molar refractivity (Wildman–Crippen MR) is 83.9 cm³/mol. The van der Waals surface area contributed by atoms with Gasteiger partial charge in [0.1, 0.15) is 6.04 Å². The van der Waals surface area contributed by atoms with E-state index in [1.807, 2.05) is 39.8 Å². The van der Waals surface area contributed by atoms with Crippen molar-refractivity contribution in [3.05, 3.63) is 54.5 Å². The average molecular weight is 296 g/mol. The molecule has 0 fully saturated rings. The minimum atomic E-state index is 0.0389. The molecule has 0 amide bonds. The van der Waals surface area contributed by atoms with Gasteiger partial charge in [-0.15, -0.1) is 5.10 Å². The Morgan fingerprint density at radius 1 is 1.14 bits per heavy atom. The van der Waals surface area contributed by atoms with Crippen LogP contribution in [-0.2, 0) is 0 Å². The molecule has 3 aromatic heterocycles. The first kappa shape index (κ1) is 14.4. The van der Waals surface area contributed by atoms with Crippen molar-refractivity contribution in [3.8, 4) is 5.82 Å². The standard InChI is InChI=1S/C16H20N6/c1-4-13(21-11-7-10-18-21)16-19-15(12(2)3)20-22(16)14-8-5-6-9-17-14/h5-13H,4H2,1-3H3/t13-/m0/s1. The lowest BCUT2D eigenvalue weighted by molar-refractivity contribution is 0.473. The van der Waals surface area contributed by atoms with E-state index in [1.54, 1.807) is 12.4 Å². The summed E-state index contributed by atoms with van der Waals surface area (Å²) >= 11 is 0. The van der Waals surface area contributed by atoms with Crippen molar-refractivity contribution in [3.63, 3.8) is 0 Å². The summed E-state index contributed by atoms with van der Waals surface area (Å²) in [7, 11) is 0. The summed E-state index contributed by atoms with van der Waals surface area (Å²) in [6.07, 6.45) is 6.39. The molecule has 1 atom stereocenters. The fraction of sp³-hybridized carbons (Fsp3) is 0.375. The molecule has 0 spiro atoms. The first-order valence-corrected chi connectivity index (χ1v) is 7.58. The van der Waals surface area contributed by atoms with Gasteiger partial charge in [-0.25, -0.2) is 9.97 Å². The third-order valence-electron chi connectivity index (χ3n) is 3.56. The van der Waals surface area contributed by atoms with E-state index in [9.17, 15) is 0 Å². The molecule has 22 heavy (non-hydrogen) atoms. The first-order chi connectivity index (χ1) is 10.7. The monoisotopic (exact) mass is 296 g/mol. The first-order valence-electron chi connectivity index (χ1n) is 7.58. The molecule has 3 rings (SSSR count). The van der Waals surface area contributed by atoms with Gasteiger partial charge >= 0.3 is 0 Å². The lowest BCUT2D eigenvalue weighted by Gasteiger charge is -2.15. The van der Waals surface area contributed by atoms with E-state index in [-0.39, 0.29) is 12.0 Å². The summed E-state index contributed by atoms with van der Waals surface area (Å²) in [4.78, 5) is 9.18. The van der Waals surface area contributed by atoms with Crippen molar-refractivity contribution in [2.24, 2.45) is 0 Å². The highest BCUT2D eigenvalue weighted by molar-refractivity contribution is 5.23. The van der Waals surface area contributed by atoms with Crippen LogP contribution >= 0.6 is 0 Å². The largest absolute Gasteiger partial charge is 0.262 e. The minimum Gasteiger partial charge on any atom is -0.262 e. The van der Waals surface area contributed by atoms with Crippen molar-refractivity contribution >= 4 is 0 Å². The molecule has 0 bridgehead atoms. The fourth-order valence-electron chi connectivity index (χ4n) is 2.40. The average Bonchev–Trinajstić information content (AvgIpc) is 3.19. The maximum absolute atomic E-state index is 4.76. The number of aromatic nitrogens is 6. The van der Waals surface area contributed by atoms with Crippen LogP contribution in [0, 0.1) is 0 Å². The molecule has 0 aliphatic carbocycles. The van der Waals surface area contributed by atoms with Gasteiger partial charge in [0.15, 0.2) is 17.5 Å². The Morgan fingerprint density at radius 2 is 2.00 bits per heavy atom. The molecular weight excluding hydrogens is 276 g/mol. The van der Waals surface area contributed by atoms with Crippen LogP contribution < -0.4 is 0 Å². The zero-order valence-electron chi connectivity index (χ0n) is 13.1. The summed E-state index contributed by atoms with van der Waals surface area (Å²) in [5.41, 5.74) is 0. The maximum atomic E-state index is 4.76. The lowest BCUT2D eigenvalue weighted by atomic mass is 10.2. The van der Waals surface area contributed by atoms with Crippen molar-refractivity contribution in [2.75, 3.05) is 0 Å². The summed E-state index contributed by atoms with van der Waals surface area (Å²) in [5.74, 6) is 2.74. The van der Waals surface area contributed by atoms with Crippen molar-refractivity contribution in [1.82, 2.24) is 29.5 Å². The lowest BCUT2D eigenvalue weighted by Crippen LogP contribution is -2.16. The van der Waals surface area contributed by atoms with Gasteiger partial charge in [-0.1, -0.05) is 26.8 Å². The van der Waals surface area contributed by atoms with E-state index in [0.29, 0.717) is 0 Å². The summed E-state index contributed by atoms with van der Waals surface area (Å²) < 4.78 is 3.76.